The predicted molar refractivity (Wildman–Crippen MR) is 96.1 cm³/mol. The molecule has 26 heavy (non-hydrogen) atoms. The lowest BCUT2D eigenvalue weighted by Gasteiger charge is -2.24. The predicted octanol–water partition coefficient (Wildman–Crippen LogP) is 2.09. The second-order valence-electron chi connectivity index (χ2n) is 6.85. The van der Waals surface area contributed by atoms with Crippen molar-refractivity contribution in [2.75, 3.05) is 13.2 Å². The number of aliphatic hydroxyl groups excluding tert-OH is 1. The molecule has 1 aliphatic carbocycles. The van der Waals surface area contributed by atoms with E-state index >= 15 is 0 Å². The molecule has 0 fully saturated rings. The van der Waals surface area contributed by atoms with Crippen molar-refractivity contribution in [1.29, 1.82) is 0 Å². The molecule has 0 saturated carbocycles. The fourth-order valence-electron chi connectivity index (χ4n) is 3.46. The van der Waals surface area contributed by atoms with Crippen LogP contribution in [0.25, 0.3) is 0 Å². The Morgan fingerprint density at radius 3 is 2.92 bits per heavy atom. The maximum Gasteiger partial charge on any atom is 0.315 e. The van der Waals surface area contributed by atoms with Gasteiger partial charge >= 0.3 is 6.03 Å². The molecule has 1 aromatic heterocycles. The van der Waals surface area contributed by atoms with E-state index in [1.165, 1.54) is 17.8 Å². The van der Waals surface area contributed by atoms with E-state index in [-0.39, 0.29) is 30.4 Å². The van der Waals surface area contributed by atoms with Crippen LogP contribution in [0.3, 0.4) is 0 Å². The van der Waals surface area contributed by atoms with E-state index in [4.69, 9.17) is 0 Å². The number of halogens is 1. The fraction of sp³-hybridized carbons (Fsp3) is 0.474. The van der Waals surface area contributed by atoms with Crippen LogP contribution in [0.5, 0.6) is 0 Å². The van der Waals surface area contributed by atoms with E-state index in [2.05, 4.69) is 15.7 Å². The molecule has 7 heteroatoms. The van der Waals surface area contributed by atoms with Gasteiger partial charge in [-0.3, -0.25) is 4.68 Å². The zero-order valence-electron chi connectivity index (χ0n) is 14.9. The van der Waals surface area contributed by atoms with Crippen molar-refractivity contribution in [3.8, 4) is 0 Å². The molecule has 3 rings (SSSR count). The molecule has 3 N–H and O–H groups in total. The van der Waals surface area contributed by atoms with Crippen molar-refractivity contribution >= 4 is 6.03 Å². The summed E-state index contributed by atoms with van der Waals surface area (Å²) in [6, 6.07) is 5.92. The molecular weight excluding hydrogens is 335 g/mol. The molecule has 1 heterocycles. The highest BCUT2D eigenvalue weighted by Gasteiger charge is 2.24. The number of aliphatic hydroxyl groups is 1. The van der Waals surface area contributed by atoms with Crippen LogP contribution in [0, 0.1) is 11.7 Å². The molecule has 0 saturated heterocycles. The van der Waals surface area contributed by atoms with Crippen molar-refractivity contribution in [2.24, 2.45) is 13.0 Å². The Morgan fingerprint density at radius 1 is 1.42 bits per heavy atom. The third kappa shape index (κ3) is 4.40. The first-order valence-electron chi connectivity index (χ1n) is 8.97. The Hall–Kier alpha value is -2.41. The van der Waals surface area contributed by atoms with Gasteiger partial charge in [-0.05, 0) is 43.4 Å². The highest BCUT2D eigenvalue weighted by molar-refractivity contribution is 5.74. The molecule has 0 spiro atoms. The van der Waals surface area contributed by atoms with E-state index in [1.54, 1.807) is 12.1 Å². The summed E-state index contributed by atoms with van der Waals surface area (Å²) in [5.41, 5.74) is 3.19. The van der Waals surface area contributed by atoms with Gasteiger partial charge in [0.15, 0.2) is 0 Å². The van der Waals surface area contributed by atoms with Crippen LogP contribution in [0.1, 0.15) is 35.7 Å². The summed E-state index contributed by atoms with van der Waals surface area (Å²) in [7, 11) is 1.92. The Kier molecular flexibility index (Phi) is 5.88. The van der Waals surface area contributed by atoms with Crippen LogP contribution in [0.2, 0.25) is 0 Å². The number of hydrogen-bond acceptors (Lipinski definition) is 3. The minimum atomic E-state index is -0.283. The summed E-state index contributed by atoms with van der Waals surface area (Å²) >= 11 is 0. The number of nitrogens with zero attached hydrogens (tertiary/aromatic N) is 2. The van der Waals surface area contributed by atoms with Gasteiger partial charge in [-0.25, -0.2) is 9.18 Å². The van der Waals surface area contributed by atoms with E-state index in [9.17, 15) is 14.3 Å². The Bertz CT molecular complexity index is 744. The summed E-state index contributed by atoms with van der Waals surface area (Å²) in [5, 5.41) is 19.7. The lowest BCUT2D eigenvalue weighted by Crippen LogP contribution is -2.41. The average Bonchev–Trinajstić information content (AvgIpc) is 3.02. The Balaban J connectivity index is 1.51. The molecule has 2 atom stereocenters. The van der Waals surface area contributed by atoms with Gasteiger partial charge in [-0.2, -0.15) is 5.10 Å². The molecule has 2 amide bonds. The number of amides is 2. The maximum atomic E-state index is 13.0. The van der Waals surface area contributed by atoms with E-state index in [1.807, 2.05) is 17.9 Å². The van der Waals surface area contributed by atoms with Crippen LogP contribution in [-0.4, -0.2) is 34.1 Å². The maximum absolute atomic E-state index is 13.0. The largest absolute Gasteiger partial charge is 0.396 e. The third-order valence-electron chi connectivity index (χ3n) is 4.93. The van der Waals surface area contributed by atoms with E-state index < -0.39 is 0 Å². The lowest BCUT2D eigenvalue weighted by atomic mass is 9.93. The van der Waals surface area contributed by atoms with Crippen LogP contribution >= 0.6 is 0 Å². The number of nitrogens with one attached hydrogen (secondary N) is 2. The molecule has 0 radical (unpaired) electrons. The summed E-state index contributed by atoms with van der Waals surface area (Å²) in [5.74, 6) is -0.402. The first-order chi connectivity index (χ1) is 12.6. The zero-order chi connectivity index (χ0) is 18.5. The highest BCUT2D eigenvalue weighted by Crippen LogP contribution is 2.28. The van der Waals surface area contributed by atoms with Crippen molar-refractivity contribution in [1.82, 2.24) is 20.4 Å². The Labute approximate surface area is 152 Å². The number of fused-ring (bicyclic) bond motifs is 1. The standard InChI is InChI=1S/C19H25FN4O2/c1-24-18-4-2-3-17(16(18)11-22-24)23-19(26)21-10-14(12-25)9-13-5-7-15(20)8-6-13/h5-8,11,14,17,25H,2-4,9-10,12H2,1H3,(H2,21,23,26)/t14-,17-/m1/s1. The van der Waals surface area contributed by atoms with Crippen molar-refractivity contribution in [3.63, 3.8) is 0 Å². The molecule has 140 valence electrons. The van der Waals surface area contributed by atoms with Gasteiger partial charge in [0.1, 0.15) is 5.82 Å². The number of urea groups is 1. The normalized spacial score (nSPS) is 17.4. The summed E-state index contributed by atoms with van der Waals surface area (Å²) in [6.07, 6.45) is 5.29. The summed E-state index contributed by atoms with van der Waals surface area (Å²) < 4.78 is 14.8. The molecule has 1 aliphatic rings. The van der Waals surface area contributed by atoms with Gasteiger partial charge < -0.3 is 15.7 Å². The number of carbonyl (C=O) groups is 1. The van der Waals surface area contributed by atoms with Crippen LogP contribution in [0.15, 0.2) is 30.5 Å². The van der Waals surface area contributed by atoms with Gasteiger partial charge in [0.2, 0.25) is 0 Å². The van der Waals surface area contributed by atoms with Crippen molar-refractivity contribution in [3.05, 3.63) is 53.1 Å². The molecular formula is C19H25FN4O2. The molecule has 1 aromatic carbocycles. The van der Waals surface area contributed by atoms with Crippen LogP contribution in [0.4, 0.5) is 9.18 Å². The van der Waals surface area contributed by atoms with Crippen LogP contribution in [-0.2, 0) is 19.9 Å². The number of rotatable bonds is 6. The molecule has 6 nitrogen and oxygen atoms in total. The Morgan fingerprint density at radius 2 is 2.19 bits per heavy atom. The average molecular weight is 360 g/mol. The van der Waals surface area contributed by atoms with Gasteiger partial charge in [0.05, 0.1) is 12.2 Å². The number of aromatic nitrogens is 2. The lowest BCUT2D eigenvalue weighted by molar-refractivity contribution is 0.212. The second kappa shape index (κ2) is 8.31. The zero-order valence-corrected chi connectivity index (χ0v) is 14.9. The smallest absolute Gasteiger partial charge is 0.315 e. The van der Waals surface area contributed by atoms with Gasteiger partial charge in [0, 0.05) is 37.4 Å². The van der Waals surface area contributed by atoms with Crippen molar-refractivity contribution in [2.45, 2.75) is 31.7 Å². The summed E-state index contributed by atoms with van der Waals surface area (Å²) in [4.78, 5) is 12.3. The number of aryl methyl sites for hydroxylation is 1. The third-order valence-corrected chi connectivity index (χ3v) is 4.93. The molecule has 0 aliphatic heterocycles. The number of carbonyl (C=O) groups excluding carboxylic acids is 1. The van der Waals surface area contributed by atoms with E-state index in [0.29, 0.717) is 13.0 Å². The van der Waals surface area contributed by atoms with Crippen LogP contribution < -0.4 is 10.6 Å². The topological polar surface area (TPSA) is 79.2 Å². The van der Waals surface area contributed by atoms with Gasteiger partial charge in [-0.15, -0.1) is 0 Å². The minimum Gasteiger partial charge on any atom is -0.396 e. The summed E-state index contributed by atoms with van der Waals surface area (Å²) in [6.45, 7) is 0.306. The molecule has 0 unspecified atom stereocenters. The van der Waals surface area contributed by atoms with Crippen molar-refractivity contribution < 1.29 is 14.3 Å². The monoisotopic (exact) mass is 360 g/mol. The van der Waals surface area contributed by atoms with Gasteiger partial charge in [-0.1, -0.05) is 12.1 Å². The SMILES string of the molecule is Cn1ncc2c1CCC[C@H]2NC(=O)NC[C@H](CO)Cc1ccc(F)cc1. The minimum absolute atomic E-state index is 0.0304. The molecule has 2 aromatic rings. The highest BCUT2D eigenvalue weighted by atomic mass is 19.1. The number of hydrogen-bond donors (Lipinski definition) is 3. The quantitative estimate of drug-likeness (QED) is 0.738. The fourth-order valence-corrected chi connectivity index (χ4v) is 3.46. The van der Waals surface area contributed by atoms with E-state index in [0.717, 1.165) is 30.4 Å². The molecule has 0 bridgehead atoms. The first kappa shape index (κ1) is 18.4. The second-order valence-corrected chi connectivity index (χ2v) is 6.85. The number of benzene rings is 1. The van der Waals surface area contributed by atoms with Gasteiger partial charge in [0.25, 0.3) is 0 Å². The first-order valence-corrected chi connectivity index (χ1v) is 8.97.